The molecule has 1 saturated heterocycles. The summed E-state index contributed by atoms with van der Waals surface area (Å²) < 4.78 is 4.78. The van der Waals surface area contributed by atoms with Gasteiger partial charge in [0, 0.05) is 24.5 Å². The van der Waals surface area contributed by atoms with Gasteiger partial charge in [0.25, 0.3) is 0 Å². The van der Waals surface area contributed by atoms with Gasteiger partial charge in [0.05, 0.1) is 7.11 Å². The summed E-state index contributed by atoms with van der Waals surface area (Å²) in [4.78, 5) is 25.4. The Morgan fingerprint density at radius 2 is 1.95 bits per heavy atom. The molecule has 1 fully saturated rings. The molecule has 1 aliphatic heterocycles. The van der Waals surface area contributed by atoms with Gasteiger partial charge in [0.15, 0.2) is 0 Å². The lowest BCUT2D eigenvalue weighted by molar-refractivity contribution is -0.129. The summed E-state index contributed by atoms with van der Waals surface area (Å²) in [7, 11) is 1.39. The highest BCUT2D eigenvalue weighted by Crippen LogP contribution is 2.22. The SMILES string of the molecule is CCC1CC(NC(=O)C(C)(C)C)CN(C(=O)OC)C1. The van der Waals surface area contributed by atoms with Crippen LogP contribution in [0.2, 0.25) is 0 Å². The standard InChI is InChI=1S/C14H26N2O3/c1-6-10-7-11(15-12(17)14(2,3)4)9-16(8-10)13(18)19-5/h10-11H,6-9H2,1-5H3,(H,15,17). The van der Waals surface area contributed by atoms with Gasteiger partial charge < -0.3 is 15.0 Å². The van der Waals surface area contributed by atoms with E-state index in [4.69, 9.17) is 4.74 Å². The number of carbonyl (C=O) groups is 2. The molecule has 1 aliphatic rings. The van der Waals surface area contributed by atoms with E-state index in [1.165, 1.54) is 7.11 Å². The van der Waals surface area contributed by atoms with Crippen LogP contribution in [0.25, 0.3) is 0 Å². The van der Waals surface area contributed by atoms with Crippen molar-refractivity contribution in [2.45, 2.75) is 46.6 Å². The summed E-state index contributed by atoms with van der Waals surface area (Å²) in [6, 6.07) is 0.0181. The predicted molar refractivity (Wildman–Crippen MR) is 73.8 cm³/mol. The molecule has 0 radical (unpaired) electrons. The van der Waals surface area contributed by atoms with Crippen LogP contribution in [0.3, 0.4) is 0 Å². The van der Waals surface area contributed by atoms with Crippen molar-refractivity contribution in [3.63, 3.8) is 0 Å². The number of methoxy groups -OCH3 is 1. The summed E-state index contributed by atoms with van der Waals surface area (Å²) >= 11 is 0. The number of likely N-dealkylation sites (tertiary alicyclic amines) is 1. The highest BCUT2D eigenvalue weighted by atomic mass is 16.5. The lowest BCUT2D eigenvalue weighted by Gasteiger charge is -2.37. The average Bonchev–Trinajstić information content (AvgIpc) is 2.36. The predicted octanol–water partition coefficient (Wildman–Crippen LogP) is 2.02. The van der Waals surface area contributed by atoms with E-state index in [0.29, 0.717) is 19.0 Å². The summed E-state index contributed by atoms with van der Waals surface area (Å²) in [5, 5.41) is 3.04. The van der Waals surface area contributed by atoms with Crippen molar-refractivity contribution in [2.24, 2.45) is 11.3 Å². The zero-order valence-corrected chi connectivity index (χ0v) is 12.7. The number of hydrogen-bond donors (Lipinski definition) is 1. The minimum absolute atomic E-state index is 0.0181. The van der Waals surface area contributed by atoms with Crippen LogP contribution in [0, 0.1) is 11.3 Å². The molecule has 0 saturated carbocycles. The van der Waals surface area contributed by atoms with E-state index < -0.39 is 5.41 Å². The van der Waals surface area contributed by atoms with E-state index in [9.17, 15) is 9.59 Å². The molecule has 0 aromatic carbocycles. The van der Waals surface area contributed by atoms with Crippen LogP contribution in [0.1, 0.15) is 40.5 Å². The van der Waals surface area contributed by atoms with E-state index >= 15 is 0 Å². The number of carbonyl (C=O) groups excluding carboxylic acids is 2. The van der Waals surface area contributed by atoms with Crippen molar-refractivity contribution in [3.8, 4) is 0 Å². The summed E-state index contributed by atoms with van der Waals surface area (Å²) in [6.07, 6.45) is 1.61. The third-order valence-corrected chi connectivity index (χ3v) is 3.56. The minimum Gasteiger partial charge on any atom is -0.453 e. The highest BCUT2D eigenvalue weighted by Gasteiger charge is 2.32. The molecular weight excluding hydrogens is 244 g/mol. The maximum Gasteiger partial charge on any atom is 0.409 e. The fraction of sp³-hybridized carbons (Fsp3) is 0.857. The van der Waals surface area contributed by atoms with Crippen molar-refractivity contribution >= 4 is 12.0 Å². The Hall–Kier alpha value is -1.26. The van der Waals surface area contributed by atoms with E-state index in [0.717, 1.165) is 12.8 Å². The molecule has 19 heavy (non-hydrogen) atoms. The molecule has 0 aromatic rings. The molecule has 0 bridgehead atoms. The quantitative estimate of drug-likeness (QED) is 0.835. The molecule has 2 unspecified atom stereocenters. The largest absolute Gasteiger partial charge is 0.453 e. The molecule has 0 spiro atoms. The number of amides is 2. The van der Waals surface area contributed by atoms with Gasteiger partial charge in [-0.05, 0) is 12.3 Å². The van der Waals surface area contributed by atoms with Crippen molar-refractivity contribution in [1.82, 2.24) is 10.2 Å². The monoisotopic (exact) mass is 270 g/mol. The molecule has 2 amide bonds. The number of nitrogens with one attached hydrogen (secondary N) is 1. The number of rotatable bonds is 2. The summed E-state index contributed by atoms with van der Waals surface area (Å²) in [5.74, 6) is 0.442. The Balaban J connectivity index is 2.67. The lowest BCUT2D eigenvalue weighted by Crippen LogP contribution is -2.54. The second-order valence-corrected chi connectivity index (χ2v) is 6.31. The van der Waals surface area contributed by atoms with Crippen molar-refractivity contribution < 1.29 is 14.3 Å². The Bertz CT molecular complexity index is 336. The minimum atomic E-state index is -0.407. The maximum absolute atomic E-state index is 12.0. The Kier molecular flexibility index (Phi) is 5.20. The van der Waals surface area contributed by atoms with Gasteiger partial charge in [-0.15, -0.1) is 0 Å². The van der Waals surface area contributed by atoms with Gasteiger partial charge in [-0.2, -0.15) is 0 Å². The van der Waals surface area contributed by atoms with Crippen LogP contribution in [-0.4, -0.2) is 43.1 Å². The van der Waals surface area contributed by atoms with Crippen LogP contribution in [0.5, 0.6) is 0 Å². The van der Waals surface area contributed by atoms with E-state index in [1.54, 1.807) is 4.90 Å². The van der Waals surface area contributed by atoms with E-state index in [1.807, 2.05) is 20.8 Å². The first-order chi connectivity index (χ1) is 8.77. The summed E-state index contributed by atoms with van der Waals surface area (Å²) in [5.41, 5.74) is -0.407. The normalized spacial score (nSPS) is 23.9. The van der Waals surface area contributed by atoms with Gasteiger partial charge in [0.2, 0.25) is 5.91 Å². The molecule has 5 nitrogen and oxygen atoms in total. The molecule has 1 rings (SSSR count). The molecule has 0 aliphatic carbocycles. The van der Waals surface area contributed by atoms with Gasteiger partial charge in [-0.3, -0.25) is 4.79 Å². The van der Waals surface area contributed by atoms with Gasteiger partial charge in [0.1, 0.15) is 0 Å². The Morgan fingerprint density at radius 1 is 1.32 bits per heavy atom. The van der Waals surface area contributed by atoms with E-state index in [-0.39, 0.29) is 18.0 Å². The molecule has 2 atom stereocenters. The first kappa shape index (κ1) is 15.8. The maximum atomic E-state index is 12.0. The number of ether oxygens (including phenoxy) is 1. The fourth-order valence-electron chi connectivity index (χ4n) is 2.28. The van der Waals surface area contributed by atoms with E-state index in [2.05, 4.69) is 12.2 Å². The molecule has 1 heterocycles. The second-order valence-electron chi connectivity index (χ2n) is 6.31. The molecule has 0 aromatic heterocycles. The third kappa shape index (κ3) is 4.40. The van der Waals surface area contributed by atoms with Crippen LogP contribution < -0.4 is 5.32 Å². The van der Waals surface area contributed by atoms with Crippen LogP contribution in [-0.2, 0) is 9.53 Å². The molecule has 110 valence electrons. The molecule has 1 N–H and O–H groups in total. The van der Waals surface area contributed by atoms with Gasteiger partial charge >= 0.3 is 6.09 Å². The fourth-order valence-corrected chi connectivity index (χ4v) is 2.28. The zero-order valence-electron chi connectivity index (χ0n) is 12.7. The average molecular weight is 270 g/mol. The van der Waals surface area contributed by atoms with Crippen molar-refractivity contribution in [3.05, 3.63) is 0 Å². The second kappa shape index (κ2) is 6.26. The lowest BCUT2D eigenvalue weighted by atomic mass is 9.90. The molecular formula is C14H26N2O3. The topological polar surface area (TPSA) is 58.6 Å². The van der Waals surface area contributed by atoms with Crippen LogP contribution in [0.15, 0.2) is 0 Å². The van der Waals surface area contributed by atoms with Gasteiger partial charge in [-0.1, -0.05) is 34.1 Å². The first-order valence-corrected chi connectivity index (χ1v) is 6.91. The molecule has 5 heteroatoms. The first-order valence-electron chi connectivity index (χ1n) is 6.91. The van der Waals surface area contributed by atoms with Crippen LogP contribution in [0.4, 0.5) is 4.79 Å². The zero-order chi connectivity index (χ0) is 14.6. The Labute approximate surface area is 115 Å². The van der Waals surface area contributed by atoms with Crippen molar-refractivity contribution in [1.29, 1.82) is 0 Å². The Morgan fingerprint density at radius 3 is 2.42 bits per heavy atom. The van der Waals surface area contributed by atoms with Crippen LogP contribution >= 0.6 is 0 Å². The highest BCUT2D eigenvalue weighted by molar-refractivity contribution is 5.81. The number of nitrogens with zero attached hydrogens (tertiary/aromatic N) is 1. The van der Waals surface area contributed by atoms with Gasteiger partial charge in [-0.25, -0.2) is 4.79 Å². The smallest absolute Gasteiger partial charge is 0.409 e. The number of hydrogen-bond acceptors (Lipinski definition) is 3. The van der Waals surface area contributed by atoms with Crippen molar-refractivity contribution in [2.75, 3.05) is 20.2 Å². The summed E-state index contributed by atoms with van der Waals surface area (Å²) in [6.45, 7) is 9.02. The third-order valence-electron chi connectivity index (χ3n) is 3.56. The number of piperidine rings is 1.